The number of carbonyl (C=O) groups is 1. The average Bonchev–Trinajstić information content (AvgIpc) is 3.10. The molecule has 1 fully saturated rings. The van der Waals surface area contributed by atoms with E-state index >= 15 is 0 Å². The Kier molecular flexibility index (Phi) is 5.18. The fraction of sp³-hybridized carbons (Fsp3) is 0.316. The van der Waals surface area contributed by atoms with Crippen molar-refractivity contribution in [2.45, 2.75) is 25.4 Å². The van der Waals surface area contributed by atoms with Crippen LogP contribution < -0.4 is 10.5 Å². The van der Waals surface area contributed by atoms with Gasteiger partial charge in [-0.1, -0.05) is 18.2 Å². The lowest BCUT2D eigenvalue weighted by Crippen LogP contribution is -2.23. The van der Waals surface area contributed by atoms with E-state index in [4.69, 9.17) is 10.5 Å². The molecule has 1 aliphatic rings. The third-order valence-corrected chi connectivity index (χ3v) is 4.78. The molecule has 2 aromatic rings. The molecule has 136 valence electrons. The van der Waals surface area contributed by atoms with E-state index in [1.807, 2.05) is 18.2 Å². The van der Waals surface area contributed by atoms with Crippen LogP contribution in [-0.2, 0) is 6.54 Å². The van der Waals surface area contributed by atoms with E-state index in [-0.39, 0.29) is 17.3 Å². The third-order valence-electron chi connectivity index (χ3n) is 4.78. The SMILES string of the molecule is COc1cccc([C@@H]2CCCN2Cc2ccc(C(N)=O)cc2[N+](=O)[O-])c1. The molecule has 0 spiro atoms. The summed E-state index contributed by atoms with van der Waals surface area (Å²) in [6, 6.07) is 12.5. The monoisotopic (exact) mass is 355 g/mol. The standard InChI is InChI=1S/C19H21N3O4/c1-26-16-5-2-4-13(10-16)17-6-3-9-21(17)12-15-8-7-14(19(20)23)11-18(15)22(24)25/h2,4-5,7-8,10-11,17H,3,6,9,12H2,1H3,(H2,20,23)/t17-/m0/s1. The van der Waals surface area contributed by atoms with Crippen molar-refractivity contribution in [1.29, 1.82) is 0 Å². The first kappa shape index (κ1) is 17.9. The van der Waals surface area contributed by atoms with Gasteiger partial charge in [-0.3, -0.25) is 19.8 Å². The summed E-state index contributed by atoms with van der Waals surface area (Å²) in [6.07, 6.45) is 2.01. The van der Waals surface area contributed by atoms with Crippen LogP contribution in [0.2, 0.25) is 0 Å². The normalized spacial score (nSPS) is 17.2. The van der Waals surface area contributed by atoms with E-state index in [0.717, 1.165) is 30.7 Å². The molecule has 7 nitrogen and oxygen atoms in total. The van der Waals surface area contributed by atoms with Crippen molar-refractivity contribution in [3.8, 4) is 5.75 Å². The first-order valence-corrected chi connectivity index (χ1v) is 8.44. The topological polar surface area (TPSA) is 98.7 Å². The Morgan fingerprint density at radius 2 is 2.15 bits per heavy atom. The Morgan fingerprint density at radius 3 is 2.85 bits per heavy atom. The van der Waals surface area contributed by atoms with E-state index in [2.05, 4.69) is 11.0 Å². The Bertz CT molecular complexity index is 837. The highest BCUT2D eigenvalue weighted by molar-refractivity contribution is 5.93. The minimum Gasteiger partial charge on any atom is -0.497 e. The first-order valence-electron chi connectivity index (χ1n) is 8.44. The molecule has 26 heavy (non-hydrogen) atoms. The molecule has 2 aromatic carbocycles. The number of methoxy groups -OCH3 is 1. The summed E-state index contributed by atoms with van der Waals surface area (Å²) in [4.78, 5) is 24.5. The third kappa shape index (κ3) is 3.67. The minimum atomic E-state index is -0.671. The Balaban J connectivity index is 1.87. The molecular formula is C19H21N3O4. The van der Waals surface area contributed by atoms with Crippen molar-refractivity contribution in [3.05, 3.63) is 69.3 Å². The van der Waals surface area contributed by atoms with Gasteiger partial charge >= 0.3 is 0 Å². The summed E-state index contributed by atoms with van der Waals surface area (Å²) in [5.74, 6) is 0.126. The summed E-state index contributed by atoms with van der Waals surface area (Å²) in [5.41, 5.74) is 7.03. The van der Waals surface area contributed by atoms with Crippen molar-refractivity contribution in [3.63, 3.8) is 0 Å². The van der Waals surface area contributed by atoms with Gasteiger partial charge < -0.3 is 10.5 Å². The van der Waals surface area contributed by atoms with Crippen LogP contribution in [0.5, 0.6) is 5.75 Å². The lowest BCUT2D eigenvalue weighted by molar-refractivity contribution is -0.385. The smallest absolute Gasteiger partial charge is 0.274 e. The summed E-state index contributed by atoms with van der Waals surface area (Å²) < 4.78 is 5.30. The molecule has 1 aliphatic heterocycles. The molecule has 0 unspecified atom stereocenters. The van der Waals surface area contributed by atoms with Gasteiger partial charge in [0.05, 0.1) is 12.0 Å². The molecule has 7 heteroatoms. The molecule has 0 aromatic heterocycles. The van der Waals surface area contributed by atoms with Crippen molar-refractivity contribution in [1.82, 2.24) is 4.90 Å². The van der Waals surface area contributed by atoms with Crippen molar-refractivity contribution < 1.29 is 14.5 Å². The number of benzene rings is 2. The molecule has 0 aliphatic carbocycles. The number of nitro groups is 1. The van der Waals surface area contributed by atoms with Crippen LogP contribution in [0.15, 0.2) is 42.5 Å². The van der Waals surface area contributed by atoms with Gasteiger partial charge in [0.15, 0.2) is 0 Å². The van der Waals surface area contributed by atoms with Crippen molar-refractivity contribution >= 4 is 11.6 Å². The molecular weight excluding hydrogens is 334 g/mol. The highest BCUT2D eigenvalue weighted by Gasteiger charge is 2.28. The Hall–Kier alpha value is -2.93. The fourth-order valence-electron chi connectivity index (χ4n) is 3.48. The van der Waals surface area contributed by atoms with E-state index in [9.17, 15) is 14.9 Å². The fourth-order valence-corrected chi connectivity index (χ4v) is 3.48. The van der Waals surface area contributed by atoms with Gasteiger partial charge in [-0.05, 0) is 43.1 Å². The average molecular weight is 355 g/mol. The van der Waals surface area contributed by atoms with E-state index in [0.29, 0.717) is 12.1 Å². The number of primary amides is 1. The number of nitrogens with two attached hydrogens (primary N) is 1. The highest BCUT2D eigenvalue weighted by Crippen LogP contribution is 2.35. The van der Waals surface area contributed by atoms with Gasteiger partial charge in [-0.2, -0.15) is 0 Å². The van der Waals surface area contributed by atoms with Crippen molar-refractivity contribution in [2.75, 3.05) is 13.7 Å². The van der Waals surface area contributed by atoms with E-state index < -0.39 is 10.8 Å². The second kappa shape index (κ2) is 7.53. The van der Waals surface area contributed by atoms with Crippen LogP contribution >= 0.6 is 0 Å². The zero-order valence-electron chi connectivity index (χ0n) is 14.6. The van der Waals surface area contributed by atoms with Gasteiger partial charge in [0, 0.05) is 29.8 Å². The molecule has 3 rings (SSSR count). The number of carbonyl (C=O) groups excluding carboxylic acids is 1. The van der Waals surface area contributed by atoms with Gasteiger partial charge in [0.2, 0.25) is 5.91 Å². The predicted molar refractivity (Wildman–Crippen MR) is 97.0 cm³/mol. The number of amides is 1. The van der Waals surface area contributed by atoms with Crippen LogP contribution in [0.1, 0.15) is 40.4 Å². The number of hydrogen-bond acceptors (Lipinski definition) is 5. The molecule has 0 bridgehead atoms. The summed E-state index contributed by atoms with van der Waals surface area (Å²) in [7, 11) is 1.63. The highest BCUT2D eigenvalue weighted by atomic mass is 16.6. The summed E-state index contributed by atoms with van der Waals surface area (Å²) in [6.45, 7) is 1.30. The van der Waals surface area contributed by atoms with Crippen LogP contribution in [0.3, 0.4) is 0 Å². The van der Waals surface area contributed by atoms with Gasteiger partial charge in [-0.25, -0.2) is 0 Å². The number of likely N-dealkylation sites (tertiary alicyclic amines) is 1. The van der Waals surface area contributed by atoms with Crippen LogP contribution in [0, 0.1) is 10.1 Å². The van der Waals surface area contributed by atoms with Gasteiger partial charge in [-0.15, -0.1) is 0 Å². The minimum absolute atomic E-state index is 0.0717. The Morgan fingerprint density at radius 1 is 1.35 bits per heavy atom. The van der Waals surface area contributed by atoms with Gasteiger partial charge in [0.25, 0.3) is 5.69 Å². The van der Waals surface area contributed by atoms with Crippen LogP contribution in [0.25, 0.3) is 0 Å². The predicted octanol–water partition coefficient (Wildman–Crippen LogP) is 3.04. The molecule has 0 saturated carbocycles. The number of hydrogen-bond donors (Lipinski definition) is 1. The van der Waals surface area contributed by atoms with E-state index in [1.54, 1.807) is 19.2 Å². The summed E-state index contributed by atoms with van der Waals surface area (Å²) >= 11 is 0. The molecule has 1 heterocycles. The molecule has 1 saturated heterocycles. The van der Waals surface area contributed by atoms with E-state index in [1.165, 1.54) is 6.07 Å². The number of nitro benzene ring substituents is 1. The molecule has 0 radical (unpaired) electrons. The molecule has 1 amide bonds. The second-order valence-corrected chi connectivity index (χ2v) is 6.37. The van der Waals surface area contributed by atoms with Crippen molar-refractivity contribution in [2.24, 2.45) is 5.73 Å². The zero-order chi connectivity index (χ0) is 18.7. The second-order valence-electron chi connectivity index (χ2n) is 6.37. The largest absolute Gasteiger partial charge is 0.497 e. The zero-order valence-corrected chi connectivity index (χ0v) is 14.6. The number of ether oxygens (including phenoxy) is 1. The van der Waals surface area contributed by atoms with Crippen LogP contribution in [0.4, 0.5) is 5.69 Å². The lowest BCUT2D eigenvalue weighted by atomic mass is 10.0. The maximum absolute atomic E-state index is 11.4. The number of rotatable bonds is 6. The maximum atomic E-state index is 11.4. The molecule has 2 N–H and O–H groups in total. The Labute approximate surface area is 151 Å². The quantitative estimate of drug-likeness (QED) is 0.634. The molecule has 1 atom stereocenters. The van der Waals surface area contributed by atoms with Crippen LogP contribution in [-0.4, -0.2) is 29.4 Å². The maximum Gasteiger partial charge on any atom is 0.274 e. The summed E-state index contributed by atoms with van der Waals surface area (Å²) in [5, 5.41) is 11.4. The first-order chi connectivity index (χ1) is 12.5. The number of nitrogens with zero attached hydrogens (tertiary/aromatic N) is 2. The lowest BCUT2D eigenvalue weighted by Gasteiger charge is -2.25. The van der Waals surface area contributed by atoms with Gasteiger partial charge in [0.1, 0.15) is 5.75 Å².